The van der Waals surface area contributed by atoms with Crippen molar-refractivity contribution < 1.29 is 5.11 Å². The molecule has 1 saturated carbocycles. The van der Waals surface area contributed by atoms with E-state index in [1.165, 1.54) is 32.1 Å². The van der Waals surface area contributed by atoms with Crippen LogP contribution in [-0.2, 0) is 0 Å². The lowest BCUT2D eigenvalue weighted by Gasteiger charge is -2.35. The van der Waals surface area contributed by atoms with Crippen LogP contribution in [0.1, 0.15) is 45.4 Å². The van der Waals surface area contributed by atoms with Gasteiger partial charge in [0.25, 0.3) is 0 Å². The minimum absolute atomic E-state index is 0.317. The first-order chi connectivity index (χ1) is 7.77. The van der Waals surface area contributed by atoms with Crippen LogP contribution in [0.2, 0.25) is 0 Å². The van der Waals surface area contributed by atoms with Gasteiger partial charge < -0.3 is 15.3 Å². The van der Waals surface area contributed by atoms with Gasteiger partial charge in [-0.2, -0.15) is 0 Å². The Morgan fingerprint density at radius 2 is 1.94 bits per heavy atom. The second-order valence-electron chi connectivity index (χ2n) is 5.02. The van der Waals surface area contributed by atoms with Gasteiger partial charge in [-0.15, -0.1) is 0 Å². The SMILES string of the molecule is CCCNC1CCC(N(C)CCCO)CC1. The summed E-state index contributed by atoms with van der Waals surface area (Å²) >= 11 is 0. The van der Waals surface area contributed by atoms with E-state index in [2.05, 4.69) is 24.2 Å². The normalized spacial score (nSPS) is 26.2. The summed E-state index contributed by atoms with van der Waals surface area (Å²) in [6.07, 6.45) is 7.38. The van der Waals surface area contributed by atoms with E-state index in [-0.39, 0.29) is 0 Å². The molecule has 16 heavy (non-hydrogen) atoms. The maximum atomic E-state index is 8.82. The molecule has 0 aliphatic heterocycles. The van der Waals surface area contributed by atoms with Crippen LogP contribution >= 0.6 is 0 Å². The van der Waals surface area contributed by atoms with Gasteiger partial charge in [-0.05, 0) is 52.1 Å². The molecule has 0 atom stereocenters. The second kappa shape index (κ2) is 8.04. The van der Waals surface area contributed by atoms with Gasteiger partial charge in [-0.1, -0.05) is 6.92 Å². The first-order valence-corrected chi connectivity index (χ1v) is 6.82. The Hall–Kier alpha value is -0.120. The molecule has 1 aliphatic carbocycles. The molecule has 2 N–H and O–H groups in total. The Morgan fingerprint density at radius 1 is 1.25 bits per heavy atom. The van der Waals surface area contributed by atoms with Gasteiger partial charge in [0.1, 0.15) is 0 Å². The molecule has 1 rings (SSSR count). The first kappa shape index (κ1) is 13.9. The molecule has 0 unspecified atom stereocenters. The van der Waals surface area contributed by atoms with Gasteiger partial charge in [0, 0.05) is 25.2 Å². The zero-order chi connectivity index (χ0) is 11.8. The smallest absolute Gasteiger partial charge is 0.0443 e. The predicted molar refractivity (Wildman–Crippen MR) is 68.7 cm³/mol. The number of hydrogen-bond donors (Lipinski definition) is 2. The molecule has 96 valence electrons. The number of rotatable bonds is 7. The Labute approximate surface area is 100 Å². The summed E-state index contributed by atoms with van der Waals surface area (Å²) in [5, 5.41) is 12.4. The average Bonchev–Trinajstić information content (AvgIpc) is 2.34. The number of aliphatic hydroxyl groups is 1. The molecule has 1 fully saturated rings. The molecule has 0 heterocycles. The maximum absolute atomic E-state index is 8.82. The highest BCUT2D eigenvalue weighted by Crippen LogP contribution is 2.22. The molecule has 3 heteroatoms. The summed E-state index contributed by atoms with van der Waals surface area (Å²) < 4.78 is 0. The van der Waals surface area contributed by atoms with Gasteiger partial charge in [0.2, 0.25) is 0 Å². The zero-order valence-corrected chi connectivity index (χ0v) is 10.9. The number of nitrogens with one attached hydrogen (secondary N) is 1. The molecular formula is C13H28N2O. The third kappa shape index (κ3) is 4.81. The van der Waals surface area contributed by atoms with E-state index in [1.54, 1.807) is 0 Å². The summed E-state index contributed by atoms with van der Waals surface area (Å²) in [5.41, 5.74) is 0. The lowest BCUT2D eigenvalue weighted by Crippen LogP contribution is -2.41. The largest absolute Gasteiger partial charge is 0.396 e. The molecule has 0 amide bonds. The van der Waals surface area contributed by atoms with Crippen molar-refractivity contribution in [3.63, 3.8) is 0 Å². The number of nitrogens with zero attached hydrogens (tertiary/aromatic N) is 1. The summed E-state index contributed by atoms with van der Waals surface area (Å²) in [6, 6.07) is 1.49. The van der Waals surface area contributed by atoms with Gasteiger partial charge in [0.05, 0.1) is 0 Å². The van der Waals surface area contributed by atoms with Crippen LogP contribution in [0.5, 0.6) is 0 Å². The van der Waals surface area contributed by atoms with Gasteiger partial charge in [-0.3, -0.25) is 0 Å². The van der Waals surface area contributed by atoms with E-state index < -0.39 is 0 Å². The van der Waals surface area contributed by atoms with Crippen molar-refractivity contribution in [2.24, 2.45) is 0 Å². The zero-order valence-electron chi connectivity index (χ0n) is 10.9. The van der Waals surface area contributed by atoms with E-state index in [0.29, 0.717) is 6.61 Å². The topological polar surface area (TPSA) is 35.5 Å². The lowest BCUT2D eigenvalue weighted by molar-refractivity contribution is 0.160. The van der Waals surface area contributed by atoms with Crippen molar-refractivity contribution in [2.75, 3.05) is 26.7 Å². The molecule has 3 nitrogen and oxygen atoms in total. The fourth-order valence-electron chi connectivity index (χ4n) is 2.57. The van der Waals surface area contributed by atoms with Crippen LogP contribution in [0.25, 0.3) is 0 Å². The van der Waals surface area contributed by atoms with Gasteiger partial charge >= 0.3 is 0 Å². The monoisotopic (exact) mass is 228 g/mol. The molecule has 0 aromatic rings. The lowest BCUT2D eigenvalue weighted by atomic mass is 9.90. The van der Waals surface area contributed by atoms with E-state index in [1.807, 2.05) is 0 Å². The average molecular weight is 228 g/mol. The Bertz CT molecular complexity index is 167. The minimum Gasteiger partial charge on any atom is -0.396 e. The van der Waals surface area contributed by atoms with Gasteiger partial charge in [-0.25, -0.2) is 0 Å². The Kier molecular flexibility index (Phi) is 7.01. The van der Waals surface area contributed by atoms with Crippen LogP contribution in [0.3, 0.4) is 0 Å². The summed E-state index contributed by atoms with van der Waals surface area (Å²) in [5.74, 6) is 0. The fraction of sp³-hybridized carbons (Fsp3) is 1.00. The van der Waals surface area contributed by atoms with E-state index in [0.717, 1.165) is 31.6 Å². The first-order valence-electron chi connectivity index (χ1n) is 6.82. The van der Waals surface area contributed by atoms with Crippen LogP contribution < -0.4 is 5.32 Å². The number of aliphatic hydroxyl groups excluding tert-OH is 1. The minimum atomic E-state index is 0.317. The van der Waals surface area contributed by atoms with E-state index >= 15 is 0 Å². The summed E-state index contributed by atoms with van der Waals surface area (Å²) in [4.78, 5) is 2.42. The second-order valence-corrected chi connectivity index (χ2v) is 5.02. The van der Waals surface area contributed by atoms with E-state index in [4.69, 9.17) is 5.11 Å². The van der Waals surface area contributed by atoms with E-state index in [9.17, 15) is 0 Å². The molecule has 0 aromatic heterocycles. The van der Waals surface area contributed by atoms with Crippen molar-refractivity contribution in [3.05, 3.63) is 0 Å². The van der Waals surface area contributed by atoms with Crippen molar-refractivity contribution >= 4 is 0 Å². The van der Waals surface area contributed by atoms with Crippen molar-refractivity contribution in [2.45, 2.75) is 57.5 Å². The van der Waals surface area contributed by atoms with Gasteiger partial charge in [0.15, 0.2) is 0 Å². The highest BCUT2D eigenvalue weighted by Gasteiger charge is 2.22. The standard InChI is InChI=1S/C13H28N2O/c1-3-9-14-12-5-7-13(8-6-12)15(2)10-4-11-16/h12-14,16H,3-11H2,1-2H3. The third-order valence-corrected chi connectivity index (χ3v) is 3.67. The molecule has 0 saturated heterocycles. The third-order valence-electron chi connectivity index (χ3n) is 3.67. The fourth-order valence-corrected chi connectivity index (χ4v) is 2.57. The molecule has 1 aliphatic rings. The Morgan fingerprint density at radius 3 is 2.50 bits per heavy atom. The van der Waals surface area contributed by atoms with Crippen LogP contribution in [0, 0.1) is 0 Å². The molecular weight excluding hydrogens is 200 g/mol. The highest BCUT2D eigenvalue weighted by atomic mass is 16.3. The van der Waals surface area contributed by atoms with Crippen molar-refractivity contribution in [3.8, 4) is 0 Å². The quantitative estimate of drug-likeness (QED) is 0.695. The maximum Gasteiger partial charge on any atom is 0.0443 e. The summed E-state index contributed by atoms with van der Waals surface area (Å²) in [7, 11) is 2.19. The van der Waals surface area contributed by atoms with Crippen LogP contribution in [0.15, 0.2) is 0 Å². The van der Waals surface area contributed by atoms with Crippen LogP contribution in [0.4, 0.5) is 0 Å². The molecule has 0 aromatic carbocycles. The van der Waals surface area contributed by atoms with Crippen LogP contribution in [-0.4, -0.2) is 48.8 Å². The predicted octanol–water partition coefficient (Wildman–Crippen LogP) is 1.61. The van der Waals surface area contributed by atoms with Crippen molar-refractivity contribution in [1.29, 1.82) is 0 Å². The molecule has 0 spiro atoms. The highest BCUT2D eigenvalue weighted by molar-refractivity contribution is 4.81. The molecule has 0 bridgehead atoms. The summed E-state index contributed by atoms with van der Waals surface area (Å²) in [6.45, 7) is 4.74. The van der Waals surface area contributed by atoms with Crippen molar-refractivity contribution in [1.82, 2.24) is 10.2 Å². The number of hydrogen-bond acceptors (Lipinski definition) is 3. The molecule has 0 radical (unpaired) electrons. The Balaban J connectivity index is 2.15.